The van der Waals surface area contributed by atoms with E-state index in [4.69, 9.17) is 40.2 Å². The summed E-state index contributed by atoms with van der Waals surface area (Å²) in [6.07, 6.45) is 2.39. The second kappa shape index (κ2) is 7.92. The third-order valence-corrected chi connectivity index (χ3v) is 4.27. The molecule has 1 fully saturated rings. The number of ether oxygens (including phenoxy) is 1. The summed E-state index contributed by atoms with van der Waals surface area (Å²) in [5, 5.41) is 4.16. The summed E-state index contributed by atoms with van der Waals surface area (Å²) in [5.41, 5.74) is 1.06. The number of halogens is 2. The molecule has 0 aromatic heterocycles. The number of nitrogens with one attached hydrogen (secondary N) is 1. The fourth-order valence-corrected chi connectivity index (χ4v) is 2.68. The maximum atomic E-state index is 12.4. The molecule has 0 bridgehead atoms. The monoisotopic (exact) mass is 358 g/mol. The maximum absolute atomic E-state index is 12.4. The molecule has 0 saturated carbocycles. The maximum Gasteiger partial charge on any atom is 0.276 e. The molecular weight excluding hydrogens is 343 g/mol. The Hall–Kier alpha value is -1.14. The van der Waals surface area contributed by atoms with Crippen LogP contribution in [0.1, 0.15) is 18.9 Å². The van der Waals surface area contributed by atoms with Crippen LogP contribution in [0.25, 0.3) is 6.08 Å². The van der Waals surface area contributed by atoms with Crippen LogP contribution in [0.15, 0.2) is 23.9 Å². The Labute approximate surface area is 145 Å². The quantitative estimate of drug-likeness (QED) is 0.480. The zero-order chi connectivity index (χ0) is 16.1. The van der Waals surface area contributed by atoms with Crippen LogP contribution in [0, 0.1) is 0 Å². The molecule has 22 heavy (non-hydrogen) atoms. The second-order valence-electron chi connectivity index (χ2n) is 4.64. The summed E-state index contributed by atoms with van der Waals surface area (Å²) in [7, 11) is 0. The van der Waals surface area contributed by atoms with Gasteiger partial charge in [-0.1, -0.05) is 35.3 Å². The number of nitrogens with zero attached hydrogens (tertiary/aromatic N) is 1. The van der Waals surface area contributed by atoms with Gasteiger partial charge in [-0.2, -0.15) is 0 Å². The number of carbonyl (C=O) groups is 1. The van der Waals surface area contributed by atoms with Gasteiger partial charge in [0.2, 0.25) is 0 Å². The van der Waals surface area contributed by atoms with Crippen LogP contribution in [0.3, 0.4) is 0 Å². The van der Waals surface area contributed by atoms with E-state index in [1.54, 1.807) is 24.3 Å². The lowest BCUT2D eigenvalue weighted by molar-refractivity contribution is -0.122. The minimum Gasteiger partial charge on any atom is -0.382 e. The molecule has 2 rings (SSSR count). The number of thiocarbonyl (C=S) groups is 1. The van der Waals surface area contributed by atoms with Crippen LogP contribution < -0.4 is 5.32 Å². The van der Waals surface area contributed by atoms with E-state index in [2.05, 4.69) is 5.32 Å². The Morgan fingerprint density at radius 1 is 1.41 bits per heavy atom. The number of hydrogen-bond donors (Lipinski definition) is 1. The van der Waals surface area contributed by atoms with Gasteiger partial charge in [-0.15, -0.1) is 0 Å². The van der Waals surface area contributed by atoms with Gasteiger partial charge in [0, 0.05) is 19.8 Å². The smallest absolute Gasteiger partial charge is 0.276 e. The summed E-state index contributed by atoms with van der Waals surface area (Å²) in [5.74, 6) is -0.169. The lowest BCUT2D eigenvalue weighted by atomic mass is 10.2. The molecule has 0 spiro atoms. The third-order valence-electron chi connectivity index (χ3n) is 3.12. The van der Waals surface area contributed by atoms with Gasteiger partial charge in [-0.05, 0) is 43.3 Å². The van der Waals surface area contributed by atoms with E-state index in [-0.39, 0.29) is 5.91 Å². The number of amides is 1. The van der Waals surface area contributed by atoms with Crippen molar-refractivity contribution in [1.82, 2.24) is 10.2 Å². The summed E-state index contributed by atoms with van der Waals surface area (Å²) in [6.45, 7) is 3.71. The first-order chi connectivity index (χ1) is 10.5. The topological polar surface area (TPSA) is 41.6 Å². The van der Waals surface area contributed by atoms with Crippen molar-refractivity contribution in [2.45, 2.75) is 13.3 Å². The van der Waals surface area contributed by atoms with Crippen molar-refractivity contribution in [1.29, 1.82) is 0 Å². The zero-order valence-electron chi connectivity index (χ0n) is 12.1. The predicted octanol–water partition coefficient (Wildman–Crippen LogP) is 3.48. The van der Waals surface area contributed by atoms with Gasteiger partial charge < -0.3 is 10.1 Å². The zero-order valence-corrected chi connectivity index (χ0v) is 14.4. The van der Waals surface area contributed by atoms with E-state index < -0.39 is 0 Å². The SMILES string of the molecule is CCOCCCN1C(=O)/C(=C\c2cccc(Cl)c2Cl)NC1=S. The molecule has 1 aromatic rings. The van der Waals surface area contributed by atoms with Crippen LogP contribution in [0.5, 0.6) is 0 Å². The van der Waals surface area contributed by atoms with Crippen LogP contribution in [0.2, 0.25) is 10.0 Å². The van der Waals surface area contributed by atoms with E-state index in [0.29, 0.717) is 46.2 Å². The van der Waals surface area contributed by atoms with Gasteiger partial charge in [0.15, 0.2) is 5.11 Å². The molecule has 1 aliphatic heterocycles. The van der Waals surface area contributed by atoms with Crippen molar-refractivity contribution >= 4 is 52.5 Å². The van der Waals surface area contributed by atoms with Crippen LogP contribution in [-0.2, 0) is 9.53 Å². The molecule has 1 aromatic carbocycles. The van der Waals surface area contributed by atoms with Gasteiger partial charge in [0.25, 0.3) is 5.91 Å². The Balaban J connectivity index is 2.10. The highest BCUT2D eigenvalue weighted by Crippen LogP contribution is 2.27. The Kier molecular flexibility index (Phi) is 6.20. The fraction of sp³-hybridized carbons (Fsp3) is 0.333. The summed E-state index contributed by atoms with van der Waals surface area (Å²) in [4.78, 5) is 13.9. The summed E-state index contributed by atoms with van der Waals surface area (Å²) < 4.78 is 5.27. The van der Waals surface area contributed by atoms with Crippen molar-refractivity contribution in [2.75, 3.05) is 19.8 Å². The van der Waals surface area contributed by atoms with Crippen molar-refractivity contribution in [3.05, 3.63) is 39.5 Å². The predicted molar refractivity (Wildman–Crippen MR) is 93.0 cm³/mol. The first-order valence-corrected chi connectivity index (χ1v) is 8.07. The molecular formula is C15H16Cl2N2O2S. The highest BCUT2D eigenvalue weighted by Gasteiger charge is 2.30. The van der Waals surface area contributed by atoms with E-state index >= 15 is 0 Å². The first-order valence-electron chi connectivity index (χ1n) is 6.91. The van der Waals surface area contributed by atoms with Crippen molar-refractivity contribution in [3.8, 4) is 0 Å². The Bertz CT molecular complexity index is 620. The molecule has 1 heterocycles. The van der Waals surface area contributed by atoms with Crippen molar-refractivity contribution in [3.63, 3.8) is 0 Å². The second-order valence-corrected chi connectivity index (χ2v) is 5.81. The molecule has 118 valence electrons. The molecule has 7 heteroatoms. The van der Waals surface area contributed by atoms with Crippen LogP contribution >= 0.6 is 35.4 Å². The van der Waals surface area contributed by atoms with E-state index in [9.17, 15) is 4.79 Å². The van der Waals surface area contributed by atoms with Crippen LogP contribution in [0.4, 0.5) is 0 Å². The Morgan fingerprint density at radius 2 is 2.18 bits per heavy atom. The molecule has 4 nitrogen and oxygen atoms in total. The minimum absolute atomic E-state index is 0.169. The highest BCUT2D eigenvalue weighted by molar-refractivity contribution is 7.80. The molecule has 1 amide bonds. The molecule has 0 radical (unpaired) electrons. The van der Waals surface area contributed by atoms with Crippen molar-refractivity contribution < 1.29 is 9.53 Å². The molecule has 0 aliphatic carbocycles. The largest absolute Gasteiger partial charge is 0.382 e. The van der Waals surface area contributed by atoms with E-state index in [0.717, 1.165) is 6.42 Å². The third kappa shape index (κ3) is 3.98. The van der Waals surface area contributed by atoms with Crippen molar-refractivity contribution in [2.24, 2.45) is 0 Å². The number of benzene rings is 1. The number of rotatable bonds is 6. The fourth-order valence-electron chi connectivity index (χ4n) is 2.03. The summed E-state index contributed by atoms with van der Waals surface area (Å²) in [6, 6.07) is 5.26. The van der Waals surface area contributed by atoms with Gasteiger partial charge in [0.1, 0.15) is 5.70 Å². The van der Waals surface area contributed by atoms with Crippen LogP contribution in [-0.4, -0.2) is 35.7 Å². The summed E-state index contributed by atoms with van der Waals surface area (Å²) >= 11 is 17.3. The highest BCUT2D eigenvalue weighted by atomic mass is 35.5. The van der Waals surface area contributed by atoms with E-state index in [1.165, 1.54) is 4.90 Å². The van der Waals surface area contributed by atoms with Gasteiger partial charge in [0.05, 0.1) is 10.0 Å². The minimum atomic E-state index is -0.169. The molecule has 1 saturated heterocycles. The lowest BCUT2D eigenvalue weighted by Crippen LogP contribution is -2.32. The first kappa shape index (κ1) is 17.2. The lowest BCUT2D eigenvalue weighted by Gasteiger charge is -2.13. The standard InChI is InChI=1S/C15H16Cl2N2O2S/c1-2-21-8-4-7-19-14(20)12(18-15(19)22)9-10-5-3-6-11(16)13(10)17/h3,5-6,9H,2,4,7-8H2,1H3,(H,18,22)/b12-9+. The number of carbonyl (C=O) groups excluding carboxylic acids is 1. The van der Waals surface area contributed by atoms with Gasteiger partial charge in [-0.3, -0.25) is 9.69 Å². The molecule has 0 unspecified atom stereocenters. The Morgan fingerprint density at radius 3 is 2.91 bits per heavy atom. The average molecular weight is 359 g/mol. The van der Waals surface area contributed by atoms with Gasteiger partial charge in [-0.25, -0.2) is 0 Å². The average Bonchev–Trinajstić information content (AvgIpc) is 2.75. The molecule has 1 N–H and O–H groups in total. The van der Waals surface area contributed by atoms with Gasteiger partial charge >= 0.3 is 0 Å². The number of hydrogen-bond acceptors (Lipinski definition) is 3. The normalized spacial score (nSPS) is 16.5. The molecule has 1 aliphatic rings. The van der Waals surface area contributed by atoms with E-state index in [1.807, 2.05) is 6.92 Å². The molecule has 0 atom stereocenters.